The molecule has 0 aliphatic heterocycles. The van der Waals surface area contributed by atoms with Crippen molar-refractivity contribution in [1.82, 2.24) is 4.57 Å². The molecule has 2 nitrogen and oxygen atoms in total. The van der Waals surface area contributed by atoms with Crippen LogP contribution >= 0.6 is 0 Å². The van der Waals surface area contributed by atoms with Gasteiger partial charge in [0.2, 0.25) is 0 Å². The largest absolute Gasteiger partial charge is 0.335 e. The van der Waals surface area contributed by atoms with Gasteiger partial charge in [0, 0.05) is 12.4 Å². The van der Waals surface area contributed by atoms with E-state index in [9.17, 15) is 0 Å². The molecule has 2 heteroatoms. The van der Waals surface area contributed by atoms with E-state index in [-0.39, 0.29) is 0 Å². The van der Waals surface area contributed by atoms with Gasteiger partial charge in [-0.2, -0.15) is 0 Å². The Balaban J connectivity index is 2.02. The molecule has 0 fully saturated rings. The Morgan fingerprint density at radius 2 is 2.00 bits per heavy atom. The first-order valence-corrected chi connectivity index (χ1v) is 5.73. The van der Waals surface area contributed by atoms with Crippen molar-refractivity contribution in [3.8, 4) is 12.3 Å². The molecule has 2 rings (SSSR count). The third-order valence-corrected chi connectivity index (χ3v) is 2.49. The van der Waals surface area contributed by atoms with Gasteiger partial charge in [0.1, 0.15) is 0 Å². The van der Waals surface area contributed by atoms with E-state index in [1.165, 1.54) is 0 Å². The van der Waals surface area contributed by atoms with E-state index in [1.807, 2.05) is 59.3 Å². The van der Waals surface area contributed by atoms with Crippen LogP contribution in [-0.2, 0) is 6.54 Å². The highest BCUT2D eigenvalue weighted by molar-refractivity contribution is 5.78. The molecule has 0 unspecified atom stereocenters. The molecule has 1 aromatic carbocycles. The van der Waals surface area contributed by atoms with Crippen LogP contribution in [0.4, 0.5) is 0 Å². The Morgan fingerprint density at radius 3 is 2.78 bits per heavy atom. The maximum absolute atomic E-state index is 5.29. The number of hydrogen-bond donors (Lipinski definition) is 0. The molecule has 2 aromatic rings. The minimum atomic E-state index is 0.566. The second kappa shape index (κ2) is 6.27. The molecule has 1 aromatic heterocycles. The van der Waals surface area contributed by atoms with E-state index in [4.69, 9.17) is 6.42 Å². The normalized spacial score (nSPS) is 11.1. The van der Waals surface area contributed by atoms with Crippen LogP contribution in [0.15, 0.2) is 59.9 Å². The summed E-state index contributed by atoms with van der Waals surface area (Å²) in [4.78, 5) is 4.26. The average Bonchev–Trinajstić information content (AvgIpc) is 2.84. The van der Waals surface area contributed by atoms with Crippen molar-refractivity contribution in [2.75, 3.05) is 0 Å². The highest BCUT2D eigenvalue weighted by Crippen LogP contribution is 2.02. The predicted octanol–water partition coefficient (Wildman–Crippen LogP) is 3.21. The number of nitrogens with zero attached hydrogens (tertiary/aromatic N) is 2. The fourth-order valence-corrected chi connectivity index (χ4v) is 1.60. The zero-order chi connectivity index (χ0) is 12.6. The summed E-state index contributed by atoms with van der Waals surface area (Å²) in [6.45, 7) is 0.566. The Kier molecular flexibility index (Phi) is 4.16. The van der Waals surface area contributed by atoms with Gasteiger partial charge in [0.05, 0.1) is 18.5 Å². The van der Waals surface area contributed by atoms with E-state index in [2.05, 4.69) is 10.9 Å². The third-order valence-electron chi connectivity index (χ3n) is 2.49. The molecule has 0 bridgehead atoms. The molecule has 0 saturated carbocycles. The molecule has 0 N–H and O–H groups in total. The standard InChI is InChI=1S/C16H14N2/c1-2-12-18-13-6-9-16(18)14-17-11-10-15-7-4-3-5-8-15/h1,3-11,13-14H,12H2/b11-10-,17-14?. The number of aliphatic imine (C=N–C) groups is 1. The molecule has 0 atom stereocenters. The summed E-state index contributed by atoms with van der Waals surface area (Å²) in [6, 6.07) is 14.0. The van der Waals surface area contributed by atoms with Crippen LogP contribution in [-0.4, -0.2) is 10.8 Å². The van der Waals surface area contributed by atoms with Gasteiger partial charge in [-0.15, -0.1) is 6.42 Å². The van der Waals surface area contributed by atoms with E-state index >= 15 is 0 Å². The van der Waals surface area contributed by atoms with Crippen molar-refractivity contribution in [2.45, 2.75) is 6.54 Å². The summed E-state index contributed by atoms with van der Waals surface area (Å²) < 4.78 is 1.97. The highest BCUT2D eigenvalue weighted by Gasteiger charge is 1.93. The first-order valence-electron chi connectivity index (χ1n) is 5.73. The van der Waals surface area contributed by atoms with Gasteiger partial charge in [-0.25, -0.2) is 0 Å². The minimum absolute atomic E-state index is 0.566. The molecule has 88 valence electrons. The van der Waals surface area contributed by atoms with Gasteiger partial charge in [-0.05, 0) is 23.8 Å². The molecule has 0 aliphatic rings. The average molecular weight is 234 g/mol. The fraction of sp³-hybridized carbons (Fsp3) is 0.0625. The third kappa shape index (κ3) is 3.23. The number of rotatable bonds is 4. The molecular weight excluding hydrogens is 220 g/mol. The first kappa shape index (κ1) is 11.9. The zero-order valence-corrected chi connectivity index (χ0v) is 10.0. The molecule has 18 heavy (non-hydrogen) atoms. The van der Waals surface area contributed by atoms with E-state index in [0.717, 1.165) is 11.3 Å². The fourth-order valence-electron chi connectivity index (χ4n) is 1.60. The predicted molar refractivity (Wildman–Crippen MR) is 76.3 cm³/mol. The summed E-state index contributed by atoms with van der Waals surface area (Å²) in [7, 11) is 0. The zero-order valence-electron chi connectivity index (χ0n) is 10.0. The molecule has 0 spiro atoms. The summed E-state index contributed by atoms with van der Waals surface area (Å²) in [5.74, 6) is 2.61. The van der Waals surface area contributed by atoms with Crippen LogP contribution in [0.25, 0.3) is 6.08 Å². The Hall–Kier alpha value is -2.53. The lowest BCUT2D eigenvalue weighted by molar-refractivity contribution is 0.844. The summed E-state index contributed by atoms with van der Waals surface area (Å²) >= 11 is 0. The number of hydrogen-bond acceptors (Lipinski definition) is 1. The molecule has 0 saturated heterocycles. The molecule has 0 amide bonds. The quantitative estimate of drug-likeness (QED) is 0.571. The lowest BCUT2D eigenvalue weighted by Gasteiger charge is -1.98. The smallest absolute Gasteiger partial charge is 0.0835 e. The molecule has 1 heterocycles. The monoisotopic (exact) mass is 234 g/mol. The lowest BCUT2D eigenvalue weighted by atomic mass is 10.2. The van der Waals surface area contributed by atoms with Crippen molar-refractivity contribution in [3.05, 3.63) is 66.1 Å². The van der Waals surface area contributed by atoms with Crippen molar-refractivity contribution >= 4 is 12.3 Å². The second-order valence-electron chi connectivity index (χ2n) is 3.77. The first-order chi connectivity index (χ1) is 8.90. The van der Waals surface area contributed by atoms with Crippen molar-refractivity contribution in [1.29, 1.82) is 0 Å². The number of terminal acetylenes is 1. The van der Waals surface area contributed by atoms with E-state index < -0.39 is 0 Å². The van der Waals surface area contributed by atoms with E-state index in [1.54, 1.807) is 12.4 Å². The van der Waals surface area contributed by atoms with Gasteiger partial charge in [-0.3, -0.25) is 4.99 Å². The minimum Gasteiger partial charge on any atom is -0.335 e. The lowest BCUT2D eigenvalue weighted by Crippen LogP contribution is -1.98. The highest BCUT2D eigenvalue weighted by atomic mass is 15.0. The van der Waals surface area contributed by atoms with Gasteiger partial charge >= 0.3 is 0 Å². The Labute approximate surface area is 107 Å². The summed E-state index contributed by atoms with van der Waals surface area (Å²) in [5.41, 5.74) is 2.14. The van der Waals surface area contributed by atoms with E-state index in [0.29, 0.717) is 6.54 Å². The summed E-state index contributed by atoms with van der Waals surface area (Å²) in [6.07, 6.45) is 12.8. The molecule has 0 aliphatic carbocycles. The van der Waals surface area contributed by atoms with Gasteiger partial charge in [-0.1, -0.05) is 36.3 Å². The van der Waals surface area contributed by atoms with Crippen LogP contribution in [0, 0.1) is 12.3 Å². The Morgan fingerprint density at radius 1 is 1.17 bits per heavy atom. The Bertz CT molecular complexity index is 583. The van der Waals surface area contributed by atoms with Crippen LogP contribution in [0.5, 0.6) is 0 Å². The van der Waals surface area contributed by atoms with Gasteiger partial charge in [0.15, 0.2) is 0 Å². The second-order valence-corrected chi connectivity index (χ2v) is 3.77. The van der Waals surface area contributed by atoms with Gasteiger partial charge in [0.25, 0.3) is 0 Å². The topological polar surface area (TPSA) is 17.3 Å². The SMILES string of the molecule is C#CCn1cccc1C=N/C=C\c1ccccc1. The van der Waals surface area contributed by atoms with Crippen LogP contribution in [0.2, 0.25) is 0 Å². The van der Waals surface area contributed by atoms with Crippen molar-refractivity contribution in [3.63, 3.8) is 0 Å². The van der Waals surface area contributed by atoms with Crippen LogP contribution in [0.1, 0.15) is 11.3 Å². The van der Waals surface area contributed by atoms with Crippen molar-refractivity contribution in [2.24, 2.45) is 4.99 Å². The maximum atomic E-state index is 5.29. The van der Waals surface area contributed by atoms with Crippen LogP contribution < -0.4 is 0 Å². The number of benzene rings is 1. The molecular formula is C16H14N2. The van der Waals surface area contributed by atoms with Crippen LogP contribution in [0.3, 0.4) is 0 Å². The summed E-state index contributed by atoms with van der Waals surface area (Å²) in [5, 5.41) is 0. The molecule has 0 radical (unpaired) electrons. The van der Waals surface area contributed by atoms with Gasteiger partial charge < -0.3 is 4.57 Å². The van der Waals surface area contributed by atoms with Crippen molar-refractivity contribution < 1.29 is 0 Å². The maximum Gasteiger partial charge on any atom is 0.0835 e. The number of aromatic nitrogens is 1.